The summed E-state index contributed by atoms with van der Waals surface area (Å²) in [5, 5.41) is 7.35. The molecule has 136 valence electrons. The van der Waals surface area contributed by atoms with Crippen molar-refractivity contribution in [3.8, 4) is 5.75 Å². The quantitative estimate of drug-likeness (QED) is 0.763. The molecule has 0 saturated carbocycles. The van der Waals surface area contributed by atoms with Crippen LogP contribution in [0.3, 0.4) is 0 Å². The highest BCUT2D eigenvalue weighted by Crippen LogP contribution is 2.16. The average molecular weight is 344 g/mol. The first-order chi connectivity index (χ1) is 12.2. The van der Waals surface area contributed by atoms with E-state index in [0.717, 1.165) is 25.3 Å². The molecule has 1 fully saturated rings. The van der Waals surface area contributed by atoms with Gasteiger partial charge in [0.15, 0.2) is 0 Å². The molecule has 1 aliphatic heterocycles. The van der Waals surface area contributed by atoms with Crippen LogP contribution in [0.15, 0.2) is 30.3 Å². The van der Waals surface area contributed by atoms with E-state index in [4.69, 9.17) is 10.5 Å². The monoisotopic (exact) mass is 344 g/mol. The van der Waals surface area contributed by atoms with Crippen LogP contribution in [0.1, 0.15) is 25.7 Å². The number of aryl methyl sites for hydroxylation is 1. The summed E-state index contributed by atoms with van der Waals surface area (Å²) >= 11 is 0. The van der Waals surface area contributed by atoms with Gasteiger partial charge in [-0.05, 0) is 38.1 Å². The minimum absolute atomic E-state index is 0.138. The Kier molecular flexibility index (Phi) is 6.11. The number of nitrogen functional groups attached to an aromatic ring is 1. The van der Waals surface area contributed by atoms with Gasteiger partial charge >= 0.3 is 0 Å². The molecule has 7 heteroatoms. The van der Waals surface area contributed by atoms with E-state index < -0.39 is 0 Å². The van der Waals surface area contributed by atoms with Gasteiger partial charge in [0.25, 0.3) is 0 Å². The predicted molar refractivity (Wildman–Crippen MR) is 99.7 cm³/mol. The summed E-state index contributed by atoms with van der Waals surface area (Å²) in [6, 6.07) is 10.0. The third-order valence-corrected chi connectivity index (χ3v) is 4.49. The second kappa shape index (κ2) is 8.71. The molecule has 1 aromatic heterocycles. The third-order valence-electron chi connectivity index (χ3n) is 4.49. The van der Waals surface area contributed by atoms with Gasteiger partial charge in [0.1, 0.15) is 11.9 Å². The van der Waals surface area contributed by atoms with E-state index in [0.29, 0.717) is 5.95 Å². The molecule has 3 N–H and O–H groups in total. The molecule has 1 saturated heterocycles. The van der Waals surface area contributed by atoms with Crippen LogP contribution in [0.5, 0.6) is 5.75 Å². The molecule has 1 unspecified atom stereocenters. The van der Waals surface area contributed by atoms with Crippen LogP contribution in [-0.4, -0.2) is 51.9 Å². The maximum absolute atomic E-state index is 6.24. The Morgan fingerprint density at radius 1 is 1.20 bits per heavy atom. The number of aromatic nitrogens is 3. The zero-order valence-corrected chi connectivity index (χ0v) is 14.9. The van der Waals surface area contributed by atoms with Crippen LogP contribution in [0, 0.1) is 0 Å². The topological polar surface area (TPSA) is 81.2 Å². The van der Waals surface area contributed by atoms with Crippen LogP contribution in [0.25, 0.3) is 0 Å². The summed E-state index contributed by atoms with van der Waals surface area (Å²) in [7, 11) is 1.83. The van der Waals surface area contributed by atoms with Gasteiger partial charge in [-0.1, -0.05) is 24.6 Å². The highest BCUT2D eigenvalue weighted by atomic mass is 16.5. The van der Waals surface area contributed by atoms with Crippen LogP contribution in [-0.2, 0) is 7.05 Å². The summed E-state index contributed by atoms with van der Waals surface area (Å²) < 4.78 is 7.90. The number of anilines is 2. The predicted octanol–water partition coefficient (Wildman–Crippen LogP) is 2.13. The second-order valence-electron chi connectivity index (χ2n) is 6.55. The molecule has 25 heavy (non-hydrogen) atoms. The van der Waals surface area contributed by atoms with Gasteiger partial charge in [0.2, 0.25) is 11.9 Å². The fourth-order valence-electron chi connectivity index (χ4n) is 3.21. The number of nitrogens with one attached hydrogen (secondary N) is 1. The normalized spacial score (nSPS) is 16.5. The van der Waals surface area contributed by atoms with E-state index in [1.165, 1.54) is 32.4 Å². The number of hydrogen-bond acceptors (Lipinski definition) is 6. The molecule has 3 rings (SSSR count). The maximum Gasteiger partial charge on any atom is 0.241 e. The zero-order chi connectivity index (χ0) is 17.5. The highest BCUT2D eigenvalue weighted by Gasteiger charge is 2.18. The lowest BCUT2D eigenvalue weighted by atomic mass is 10.1. The number of para-hydroxylation sites is 1. The smallest absolute Gasteiger partial charge is 0.241 e. The Bertz CT molecular complexity index is 638. The van der Waals surface area contributed by atoms with E-state index in [1.54, 1.807) is 4.68 Å². The maximum atomic E-state index is 6.24. The number of ether oxygens (including phenoxy) is 1. The Labute approximate surface area is 149 Å². The van der Waals surface area contributed by atoms with Crippen molar-refractivity contribution in [2.75, 3.05) is 37.2 Å². The van der Waals surface area contributed by atoms with E-state index in [1.807, 2.05) is 37.4 Å². The second-order valence-corrected chi connectivity index (χ2v) is 6.55. The summed E-state index contributed by atoms with van der Waals surface area (Å²) in [6.45, 7) is 4.05. The largest absolute Gasteiger partial charge is 0.489 e. The van der Waals surface area contributed by atoms with Crippen LogP contribution >= 0.6 is 0 Å². The van der Waals surface area contributed by atoms with Crippen molar-refractivity contribution in [1.29, 1.82) is 0 Å². The Hall–Kier alpha value is -2.28. The molecule has 0 spiro atoms. The number of likely N-dealkylation sites (tertiary alicyclic amines) is 1. The van der Waals surface area contributed by atoms with Crippen LogP contribution in [0.2, 0.25) is 0 Å². The first kappa shape index (κ1) is 17.5. The number of hydrogen-bond donors (Lipinski definition) is 2. The number of piperidine rings is 1. The lowest BCUT2D eigenvalue weighted by molar-refractivity contribution is 0.115. The minimum Gasteiger partial charge on any atom is -0.489 e. The Morgan fingerprint density at radius 2 is 1.96 bits per heavy atom. The zero-order valence-electron chi connectivity index (χ0n) is 14.9. The van der Waals surface area contributed by atoms with E-state index in [2.05, 4.69) is 20.3 Å². The summed E-state index contributed by atoms with van der Waals surface area (Å²) in [6.07, 6.45) is 4.94. The van der Waals surface area contributed by atoms with Gasteiger partial charge < -0.3 is 15.8 Å². The summed E-state index contributed by atoms with van der Waals surface area (Å²) in [4.78, 5) is 6.69. The molecule has 2 aromatic rings. The lowest BCUT2D eigenvalue weighted by Crippen LogP contribution is -2.39. The van der Waals surface area contributed by atoms with Crippen molar-refractivity contribution in [2.24, 2.45) is 7.05 Å². The fraction of sp³-hybridized carbons (Fsp3) is 0.556. The Morgan fingerprint density at radius 3 is 2.64 bits per heavy atom. The van der Waals surface area contributed by atoms with Crippen molar-refractivity contribution in [3.63, 3.8) is 0 Å². The van der Waals surface area contributed by atoms with E-state index in [-0.39, 0.29) is 12.1 Å². The molecule has 1 aliphatic rings. The standard InChI is InChI=1S/C18H28N6O/c1-23-18(21-17(19)22-23)20-11-10-16(14-24-12-6-3-7-13-24)25-15-8-4-2-5-9-15/h2,4-5,8-9,16H,3,6-7,10-14H2,1H3,(H3,19,20,21,22). The van der Waals surface area contributed by atoms with Crippen molar-refractivity contribution in [2.45, 2.75) is 31.8 Å². The number of nitrogens with two attached hydrogens (primary N) is 1. The van der Waals surface area contributed by atoms with Crippen molar-refractivity contribution < 1.29 is 4.74 Å². The molecule has 0 radical (unpaired) electrons. The lowest BCUT2D eigenvalue weighted by Gasteiger charge is -2.30. The number of nitrogens with zero attached hydrogens (tertiary/aromatic N) is 4. The molecule has 1 aromatic carbocycles. The van der Waals surface area contributed by atoms with Crippen molar-refractivity contribution >= 4 is 11.9 Å². The molecule has 7 nitrogen and oxygen atoms in total. The molecular formula is C18H28N6O. The minimum atomic E-state index is 0.138. The first-order valence-corrected chi connectivity index (χ1v) is 9.05. The molecule has 0 bridgehead atoms. The van der Waals surface area contributed by atoms with E-state index >= 15 is 0 Å². The Balaban J connectivity index is 1.55. The number of benzene rings is 1. The van der Waals surface area contributed by atoms with Gasteiger partial charge in [0.05, 0.1) is 0 Å². The van der Waals surface area contributed by atoms with Gasteiger partial charge in [0, 0.05) is 26.6 Å². The van der Waals surface area contributed by atoms with Gasteiger partial charge in [-0.3, -0.25) is 4.90 Å². The van der Waals surface area contributed by atoms with E-state index in [9.17, 15) is 0 Å². The van der Waals surface area contributed by atoms with Crippen molar-refractivity contribution in [1.82, 2.24) is 19.7 Å². The first-order valence-electron chi connectivity index (χ1n) is 9.05. The van der Waals surface area contributed by atoms with Gasteiger partial charge in [-0.2, -0.15) is 4.98 Å². The van der Waals surface area contributed by atoms with Gasteiger partial charge in [-0.25, -0.2) is 4.68 Å². The van der Waals surface area contributed by atoms with Crippen molar-refractivity contribution in [3.05, 3.63) is 30.3 Å². The fourth-order valence-corrected chi connectivity index (χ4v) is 3.21. The highest BCUT2D eigenvalue weighted by molar-refractivity contribution is 5.31. The third kappa shape index (κ3) is 5.35. The van der Waals surface area contributed by atoms with Crippen LogP contribution in [0.4, 0.5) is 11.9 Å². The molecule has 1 atom stereocenters. The van der Waals surface area contributed by atoms with Crippen LogP contribution < -0.4 is 15.8 Å². The molecular weight excluding hydrogens is 316 g/mol. The average Bonchev–Trinajstić information content (AvgIpc) is 2.94. The summed E-state index contributed by atoms with van der Waals surface area (Å²) in [5.74, 6) is 1.90. The molecule has 0 amide bonds. The number of rotatable bonds is 8. The summed E-state index contributed by atoms with van der Waals surface area (Å²) in [5.41, 5.74) is 5.62. The van der Waals surface area contributed by atoms with Gasteiger partial charge in [-0.15, -0.1) is 5.10 Å². The molecule has 2 heterocycles. The SMILES string of the molecule is Cn1nc(N)nc1NCCC(CN1CCCCC1)Oc1ccccc1. The molecule has 0 aliphatic carbocycles.